The van der Waals surface area contributed by atoms with Crippen molar-refractivity contribution in [3.8, 4) is 0 Å². The van der Waals surface area contributed by atoms with Crippen LogP contribution in [0, 0.1) is 5.82 Å². The predicted molar refractivity (Wildman–Crippen MR) is 101 cm³/mol. The van der Waals surface area contributed by atoms with Gasteiger partial charge in [-0.2, -0.15) is 4.73 Å². The van der Waals surface area contributed by atoms with Crippen molar-refractivity contribution < 1.29 is 14.0 Å². The van der Waals surface area contributed by atoms with Crippen molar-refractivity contribution >= 4 is 11.6 Å². The molecule has 1 amide bonds. The zero-order valence-corrected chi connectivity index (χ0v) is 14.8. The lowest BCUT2D eigenvalue weighted by atomic mass is 10.1. The molecule has 0 aliphatic rings. The molecule has 0 aliphatic heterocycles. The topological polar surface area (TPSA) is 60.3 Å². The maximum absolute atomic E-state index is 12.9. The number of carbonyl (C=O) groups is 1. The maximum atomic E-state index is 12.9. The third-order valence-electron chi connectivity index (χ3n) is 4.09. The first-order valence-electron chi connectivity index (χ1n) is 8.57. The minimum Gasteiger partial charge on any atom is -0.406 e. The van der Waals surface area contributed by atoms with Crippen LogP contribution in [-0.4, -0.2) is 10.6 Å². The Morgan fingerprint density at radius 3 is 2.56 bits per heavy atom. The Kier molecular flexibility index (Phi) is 5.66. The molecule has 0 aliphatic carbocycles. The van der Waals surface area contributed by atoms with E-state index in [0.717, 1.165) is 16.7 Å². The van der Waals surface area contributed by atoms with Gasteiger partial charge in [-0.15, -0.1) is 0 Å². The summed E-state index contributed by atoms with van der Waals surface area (Å²) in [4.78, 5) is 30.5. The third-order valence-corrected chi connectivity index (χ3v) is 4.09. The molecule has 6 heteroatoms. The van der Waals surface area contributed by atoms with Crippen molar-refractivity contribution in [3.05, 3.63) is 99.7 Å². The molecule has 2 aromatic carbocycles. The first kappa shape index (κ1) is 18.4. The number of aromatic nitrogens is 1. The van der Waals surface area contributed by atoms with E-state index in [1.807, 2.05) is 25.1 Å². The highest BCUT2D eigenvalue weighted by Gasteiger charge is 2.14. The van der Waals surface area contributed by atoms with Gasteiger partial charge in [-0.3, -0.25) is 9.59 Å². The number of nitrogens with one attached hydrogen (secondary N) is 1. The van der Waals surface area contributed by atoms with Crippen LogP contribution in [0.1, 0.15) is 28.4 Å². The normalized spacial score (nSPS) is 10.4. The standard InChI is InChI=1S/C21H19FN2O3/c1-2-16-6-3-4-8-19(16)23-20(25)18-7-5-13-24(21(18)26)27-14-15-9-11-17(22)12-10-15/h3-13H,2,14H2,1H3,(H,23,25). The van der Waals surface area contributed by atoms with Gasteiger partial charge in [0.1, 0.15) is 18.0 Å². The van der Waals surface area contributed by atoms with Crippen LogP contribution < -0.4 is 15.7 Å². The van der Waals surface area contributed by atoms with E-state index in [1.54, 1.807) is 24.3 Å². The van der Waals surface area contributed by atoms with E-state index in [9.17, 15) is 14.0 Å². The van der Waals surface area contributed by atoms with Gasteiger partial charge in [0.05, 0.1) is 0 Å². The number of rotatable bonds is 6. The number of halogens is 1. The molecule has 3 aromatic rings. The number of nitrogens with zero attached hydrogens (tertiary/aromatic N) is 1. The lowest BCUT2D eigenvalue weighted by Crippen LogP contribution is -2.32. The van der Waals surface area contributed by atoms with E-state index in [1.165, 1.54) is 24.4 Å². The quantitative estimate of drug-likeness (QED) is 0.727. The molecule has 1 heterocycles. The largest absolute Gasteiger partial charge is 0.406 e. The SMILES string of the molecule is CCc1ccccc1NC(=O)c1cccn(OCc2ccc(F)cc2)c1=O. The van der Waals surface area contributed by atoms with E-state index in [4.69, 9.17) is 4.84 Å². The molecule has 1 N–H and O–H groups in total. The maximum Gasteiger partial charge on any atom is 0.295 e. The minimum atomic E-state index is -0.564. The summed E-state index contributed by atoms with van der Waals surface area (Å²) in [5, 5.41) is 2.78. The molecule has 0 radical (unpaired) electrons. The number of anilines is 1. The Morgan fingerprint density at radius 1 is 1.07 bits per heavy atom. The second-order valence-corrected chi connectivity index (χ2v) is 5.92. The summed E-state index contributed by atoms with van der Waals surface area (Å²) in [6.45, 7) is 2.06. The summed E-state index contributed by atoms with van der Waals surface area (Å²) in [6, 6.07) is 16.2. The zero-order chi connectivity index (χ0) is 19.2. The van der Waals surface area contributed by atoms with Crippen LogP contribution in [0.2, 0.25) is 0 Å². The first-order chi connectivity index (χ1) is 13.1. The van der Waals surface area contributed by atoms with Crippen LogP contribution in [0.3, 0.4) is 0 Å². The number of aryl methyl sites for hydroxylation is 1. The van der Waals surface area contributed by atoms with Crippen molar-refractivity contribution in [1.82, 2.24) is 4.73 Å². The molecule has 5 nitrogen and oxygen atoms in total. The summed E-state index contributed by atoms with van der Waals surface area (Å²) in [6.07, 6.45) is 2.19. The fourth-order valence-corrected chi connectivity index (χ4v) is 2.61. The molecule has 138 valence electrons. The molecule has 0 bridgehead atoms. The highest BCUT2D eigenvalue weighted by atomic mass is 19.1. The number of para-hydroxylation sites is 1. The highest BCUT2D eigenvalue weighted by Crippen LogP contribution is 2.16. The molecular formula is C21H19FN2O3. The fourth-order valence-electron chi connectivity index (χ4n) is 2.61. The summed E-state index contributed by atoms with van der Waals surface area (Å²) < 4.78 is 14.0. The first-order valence-corrected chi connectivity index (χ1v) is 8.57. The second-order valence-electron chi connectivity index (χ2n) is 5.92. The van der Waals surface area contributed by atoms with Crippen molar-refractivity contribution in [2.45, 2.75) is 20.0 Å². The molecule has 0 saturated carbocycles. The number of amides is 1. The van der Waals surface area contributed by atoms with Gasteiger partial charge in [0.2, 0.25) is 0 Å². The fraction of sp³-hybridized carbons (Fsp3) is 0.143. The number of benzene rings is 2. The van der Waals surface area contributed by atoms with E-state index in [-0.39, 0.29) is 18.0 Å². The van der Waals surface area contributed by atoms with Crippen molar-refractivity contribution in [2.75, 3.05) is 5.32 Å². The average Bonchev–Trinajstić information content (AvgIpc) is 2.69. The average molecular weight is 366 g/mol. The van der Waals surface area contributed by atoms with E-state index >= 15 is 0 Å². The number of hydrogen-bond donors (Lipinski definition) is 1. The van der Waals surface area contributed by atoms with Crippen molar-refractivity contribution in [1.29, 1.82) is 0 Å². The Bertz CT molecular complexity index is 997. The minimum absolute atomic E-state index is 0.0255. The summed E-state index contributed by atoms with van der Waals surface area (Å²) in [7, 11) is 0. The predicted octanol–water partition coefficient (Wildman–Crippen LogP) is 3.43. The van der Waals surface area contributed by atoms with Gasteiger partial charge in [0.15, 0.2) is 0 Å². The number of hydrogen-bond acceptors (Lipinski definition) is 3. The van der Waals surface area contributed by atoms with Gasteiger partial charge in [-0.1, -0.05) is 37.3 Å². The highest BCUT2D eigenvalue weighted by molar-refractivity contribution is 6.04. The van der Waals surface area contributed by atoms with Crippen LogP contribution in [-0.2, 0) is 13.0 Å². The van der Waals surface area contributed by atoms with Crippen LogP contribution in [0.25, 0.3) is 0 Å². The van der Waals surface area contributed by atoms with Crippen LogP contribution >= 0.6 is 0 Å². The summed E-state index contributed by atoms with van der Waals surface area (Å²) in [5.74, 6) is -0.845. The summed E-state index contributed by atoms with van der Waals surface area (Å²) >= 11 is 0. The van der Waals surface area contributed by atoms with Gasteiger partial charge in [0.25, 0.3) is 11.5 Å². The van der Waals surface area contributed by atoms with Crippen molar-refractivity contribution in [2.24, 2.45) is 0 Å². The van der Waals surface area contributed by atoms with Crippen LogP contribution in [0.15, 0.2) is 71.7 Å². The van der Waals surface area contributed by atoms with Gasteiger partial charge in [-0.25, -0.2) is 4.39 Å². The Hall–Kier alpha value is -3.41. The van der Waals surface area contributed by atoms with Gasteiger partial charge < -0.3 is 10.2 Å². The van der Waals surface area contributed by atoms with E-state index < -0.39 is 11.5 Å². The van der Waals surface area contributed by atoms with Gasteiger partial charge in [-0.05, 0) is 47.9 Å². The molecule has 27 heavy (non-hydrogen) atoms. The van der Waals surface area contributed by atoms with Gasteiger partial charge >= 0.3 is 0 Å². The molecule has 1 aromatic heterocycles. The number of carbonyl (C=O) groups excluding carboxylic acids is 1. The molecular weight excluding hydrogens is 347 g/mol. The molecule has 0 unspecified atom stereocenters. The zero-order valence-electron chi connectivity index (χ0n) is 14.8. The molecule has 3 rings (SSSR count). The molecule has 0 spiro atoms. The molecule has 0 fully saturated rings. The Balaban J connectivity index is 1.76. The van der Waals surface area contributed by atoms with E-state index in [2.05, 4.69) is 5.32 Å². The Morgan fingerprint density at radius 2 is 1.81 bits per heavy atom. The number of pyridine rings is 1. The second kappa shape index (κ2) is 8.31. The Labute approximate surface area is 156 Å². The molecule has 0 atom stereocenters. The monoisotopic (exact) mass is 366 g/mol. The summed E-state index contributed by atoms with van der Waals surface area (Å²) in [5.41, 5.74) is 1.77. The van der Waals surface area contributed by atoms with Crippen LogP contribution in [0.5, 0.6) is 0 Å². The van der Waals surface area contributed by atoms with Crippen LogP contribution in [0.4, 0.5) is 10.1 Å². The van der Waals surface area contributed by atoms with Gasteiger partial charge in [0, 0.05) is 11.9 Å². The van der Waals surface area contributed by atoms with E-state index in [0.29, 0.717) is 11.3 Å². The lowest BCUT2D eigenvalue weighted by Gasteiger charge is -2.12. The smallest absolute Gasteiger partial charge is 0.295 e. The molecule has 0 saturated heterocycles. The third kappa shape index (κ3) is 4.41. The van der Waals surface area contributed by atoms with Crippen molar-refractivity contribution in [3.63, 3.8) is 0 Å². The lowest BCUT2D eigenvalue weighted by molar-refractivity contribution is 0.0863.